The Morgan fingerprint density at radius 1 is 1.11 bits per heavy atom. The fourth-order valence-electron chi connectivity index (χ4n) is 2.10. The summed E-state index contributed by atoms with van der Waals surface area (Å²) in [5.74, 6) is 2.12. The first-order valence-corrected chi connectivity index (χ1v) is 6.29. The number of ether oxygens (including phenoxy) is 3. The number of benzene rings is 1. The van der Waals surface area contributed by atoms with Crippen LogP contribution in [0.3, 0.4) is 0 Å². The fourth-order valence-corrected chi connectivity index (χ4v) is 2.10. The molecule has 0 saturated heterocycles. The number of nitrogens with one attached hydrogen (secondary N) is 1. The van der Waals surface area contributed by atoms with E-state index >= 15 is 0 Å². The standard InChI is InChI=1S/C14H23NO4/c1-15-11(6-5-7-16)14-12(18-3)8-10(17-2)9-13(14)19-4/h8-9,11,15-16H,5-7H2,1-4H3. The van der Waals surface area contributed by atoms with Crippen molar-refractivity contribution in [2.24, 2.45) is 0 Å². The van der Waals surface area contributed by atoms with E-state index in [1.54, 1.807) is 21.3 Å². The molecule has 1 aromatic rings. The summed E-state index contributed by atoms with van der Waals surface area (Å²) in [4.78, 5) is 0. The van der Waals surface area contributed by atoms with Crippen molar-refractivity contribution in [3.63, 3.8) is 0 Å². The number of hydrogen-bond donors (Lipinski definition) is 2. The third kappa shape index (κ3) is 3.75. The van der Waals surface area contributed by atoms with Crippen molar-refractivity contribution in [2.45, 2.75) is 18.9 Å². The van der Waals surface area contributed by atoms with Crippen molar-refractivity contribution in [1.82, 2.24) is 5.32 Å². The SMILES string of the molecule is CNC(CCCO)c1c(OC)cc(OC)cc1OC. The molecule has 0 bridgehead atoms. The Morgan fingerprint density at radius 2 is 1.68 bits per heavy atom. The maximum absolute atomic E-state index is 8.98. The monoisotopic (exact) mass is 269 g/mol. The zero-order chi connectivity index (χ0) is 14.3. The quantitative estimate of drug-likeness (QED) is 0.753. The third-order valence-corrected chi connectivity index (χ3v) is 3.10. The minimum Gasteiger partial charge on any atom is -0.496 e. The van der Waals surface area contributed by atoms with E-state index in [0.29, 0.717) is 23.7 Å². The molecule has 0 spiro atoms. The summed E-state index contributed by atoms with van der Waals surface area (Å²) in [7, 11) is 6.73. The molecular weight excluding hydrogens is 246 g/mol. The molecule has 0 aliphatic heterocycles. The smallest absolute Gasteiger partial charge is 0.131 e. The van der Waals surface area contributed by atoms with Crippen LogP contribution in [0.1, 0.15) is 24.4 Å². The Labute approximate surface area is 114 Å². The van der Waals surface area contributed by atoms with Gasteiger partial charge in [0.25, 0.3) is 0 Å². The number of aliphatic hydroxyl groups is 1. The first kappa shape index (κ1) is 15.6. The summed E-state index contributed by atoms with van der Waals surface area (Å²) in [6.07, 6.45) is 1.51. The highest BCUT2D eigenvalue weighted by Gasteiger charge is 2.20. The molecule has 0 saturated carbocycles. The molecule has 0 fully saturated rings. The minimum atomic E-state index is 0.0583. The van der Waals surface area contributed by atoms with Gasteiger partial charge >= 0.3 is 0 Å². The molecule has 0 aliphatic carbocycles. The second kappa shape index (κ2) is 7.86. The van der Waals surface area contributed by atoms with E-state index in [0.717, 1.165) is 12.0 Å². The van der Waals surface area contributed by atoms with Crippen LogP contribution in [0.15, 0.2) is 12.1 Å². The highest BCUT2D eigenvalue weighted by Crippen LogP contribution is 2.39. The van der Waals surface area contributed by atoms with Crippen LogP contribution < -0.4 is 19.5 Å². The van der Waals surface area contributed by atoms with Crippen molar-refractivity contribution in [2.75, 3.05) is 35.0 Å². The largest absolute Gasteiger partial charge is 0.496 e. The Hall–Kier alpha value is -1.46. The van der Waals surface area contributed by atoms with Crippen LogP contribution >= 0.6 is 0 Å². The maximum atomic E-state index is 8.98. The van der Waals surface area contributed by atoms with Crippen molar-refractivity contribution in [3.05, 3.63) is 17.7 Å². The fraction of sp³-hybridized carbons (Fsp3) is 0.571. The Bertz CT molecular complexity index is 370. The van der Waals surface area contributed by atoms with Crippen LogP contribution in [0.4, 0.5) is 0 Å². The van der Waals surface area contributed by atoms with Crippen LogP contribution in [0, 0.1) is 0 Å². The lowest BCUT2D eigenvalue weighted by Gasteiger charge is -2.22. The van der Waals surface area contributed by atoms with Crippen molar-refractivity contribution >= 4 is 0 Å². The average molecular weight is 269 g/mol. The Balaban J connectivity index is 3.20. The van der Waals surface area contributed by atoms with Crippen LogP contribution in [-0.2, 0) is 0 Å². The number of aliphatic hydroxyl groups excluding tert-OH is 1. The summed E-state index contributed by atoms with van der Waals surface area (Å²) in [6, 6.07) is 3.73. The zero-order valence-corrected chi connectivity index (χ0v) is 12.0. The van der Waals surface area contributed by atoms with Gasteiger partial charge in [0.15, 0.2) is 0 Å². The van der Waals surface area contributed by atoms with Gasteiger partial charge in [0, 0.05) is 24.8 Å². The van der Waals surface area contributed by atoms with Gasteiger partial charge in [0.2, 0.25) is 0 Å². The van der Waals surface area contributed by atoms with E-state index in [4.69, 9.17) is 19.3 Å². The minimum absolute atomic E-state index is 0.0583. The summed E-state index contributed by atoms with van der Waals surface area (Å²) in [5.41, 5.74) is 0.946. The molecule has 1 aromatic carbocycles. The van der Waals surface area contributed by atoms with Crippen molar-refractivity contribution in [1.29, 1.82) is 0 Å². The van der Waals surface area contributed by atoms with Gasteiger partial charge in [-0.2, -0.15) is 0 Å². The summed E-state index contributed by atoms with van der Waals surface area (Å²) in [6.45, 7) is 0.166. The van der Waals surface area contributed by atoms with Crippen molar-refractivity contribution in [3.8, 4) is 17.2 Å². The molecule has 1 unspecified atom stereocenters. The molecule has 0 aliphatic rings. The molecule has 5 nitrogen and oxygen atoms in total. The lowest BCUT2D eigenvalue weighted by atomic mass is 9.99. The second-order valence-electron chi connectivity index (χ2n) is 4.15. The van der Waals surface area contributed by atoms with Crippen LogP contribution in [0.2, 0.25) is 0 Å². The van der Waals surface area contributed by atoms with Gasteiger partial charge in [-0.05, 0) is 19.9 Å². The van der Waals surface area contributed by atoms with Crippen molar-refractivity contribution < 1.29 is 19.3 Å². The molecule has 0 amide bonds. The zero-order valence-electron chi connectivity index (χ0n) is 12.0. The predicted octanol–water partition coefficient (Wildman–Crippen LogP) is 1.75. The van der Waals surface area contributed by atoms with Gasteiger partial charge in [0.05, 0.1) is 26.9 Å². The van der Waals surface area contributed by atoms with E-state index in [2.05, 4.69) is 5.32 Å². The summed E-state index contributed by atoms with van der Waals surface area (Å²) < 4.78 is 16.1. The molecule has 2 N–H and O–H groups in total. The van der Waals surface area contributed by atoms with E-state index in [1.165, 1.54) is 0 Å². The number of hydrogen-bond acceptors (Lipinski definition) is 5. The highest BCUT2D eigenvalue weighted by atomic mass is 16.5. The van der Waals surface area contributed by atoms with Gasteiger partial charge < -0.3 is 24.6 Å². The molecule has 1 rings (SSSR count). The molecule has 0 heterocycles. The van der Waals surface area contributed by atoms with E-state index in [-0.39, 0.29) is 12.6 Å². The first-order chi connectivity index (χ1) is 9.21. The van der Waals surface area contributed by atoms with E-state index in [1.807, 2.05) is 19.2 Å². The molecular formula is C14H23NO4. The second-order valence-corrected chi connectivity index (χ2v) is 4.15. The number of methoxy groups -OCH3 is 3. The first-order valence-electron chi connectivity index (χ1n) is 6.29. The average Bonchev–Trinajstić information content (AvgIpc) is 2.47. The molecule has 1 atom stereocenters. The van der Waals surface area contributed by atoms with Gasteiger partial charge in [-0.15, -0.1) is 0 Å². The van der Waals surface area contributed by atoms with Gasteiger partial charge in [-0.3, -0.25) is 0 Å². The normalized spacial score (nSPS) is 12.1. The topological polar surface area (TPSA) is 60.0 Å². The molecule has 0 aromatic heterocycles. The molecule has 5 heteroatoms. The summed E-state index contributed by atoms with van der Waals surface area (Å²) in [5, 5.41) is 12.2. The number of rotatable bonds is 8. The maximum Gasteiger partial charge on any atom is 0.131 e. The Kier molecular flexibility index (Phi) is 6.45. The lowest BCUT2D eigenvalue weighted by molar-refractivity contribution is 0.274. The predicted molar refractivity (Wildman–Crippen MR) is 74.2 cm³/mol. The van der Waals surface area contributed by atoms with Gasteiger partial charge in [-0.25, -0.2) is 0 Å². The van der Waals surface area contributed by atoms with Gasteiger partial charge in [0.1, 0.15) is 17.2 Å². The van der Waals surface area contributed by atoms with E-state index < -0.39 is 0 Å². The summed E-state index contributed by atoms with van der Waals surface area (Å²) >= 11 is 0. The van der Waals surface area contributed by atoms with E-state index in [9.17, 15) is 0 Å². The molecule has 108 valence electrons. The third-order valence-electron chi connectivity index (χ3n) is 3.10. The highest BCUT2D eigenvalue weighted by molar-refractivity contribution is 5.52. The van der Waals surface area contributed by atoms with Gasteiger partial charge in [-0.1, -0.05) is 0 Å². The molecule has 0 radical (unpaired) electrons. The van der Waals surface area contributed by atoms with Crippen LogP contribution in [0.5, 0.6) is 17.2 Å². The van der Waals surface area contributed by atoms with Crippen LogP contribution in [0.25, 0.3) is 0 Å². The molecule has 19 heavy (non-hydrogen) atoms. The van der Waals surface area contributed by atoms with Crippen LogP contribution in [-0.4, -0.2) is 40.1 Å². The lowest BCUT2D eigenvalue weighted by Crippen LogP contribution is -2.18. The Morgan fingerprint density at radius 3 is 2.05 bits per heavy atom.